The van der Waals surface area contributed by atoms with E-state index in [0.717, 1.165) is 22.4 Å². The van der Waals surface area contributed by atoms with Crippen molar-refractivity contribution < 1.29 is 33.7 Å². The van der Waals surface area contributed by atoms with Crippen molar-refractivity contribution in [2.75, 3.05) is 37.9 Å². The molecule has 0 unspecified atom stereocenters. The van der Waals surface area contributed by atoms with Crippen LogP contribution in [0.2, 0.25) is 0 Å². The van der Waals surface area contributed by atoms with Crippen LogP contribution in [0.4, 0.5) is 17.6 Å². The Balaban J connectivity index is 0.00000162. The van der Waals surface area contributed by atoms with Crippen LogP contribution < -0.4 is 35.9 Å². The largest absolute Gasteiger partial charge is 0.493 e. The molecule has 9 rings (SSSR count). The second-order valence-corrected chi connectivity index (χ2v) is 12.1. The van der Waals surface area contributed by atoms with Gasteiger partial charge >= 0.3 is 0 Å². The number of hydrogen-bond donors (Lipinski definition) is 5. The summed E-state index contributed by atoms with van der Waals surface area (Å²) < 4.78 is 17.8. The van der Waals surface area contributed by atoms with Gasteiger partial charge in [-0.3, -0.25) is 19.3 Å². The predicted octanol–water partition coefficient (Wildman–Crippen LogP) is 2.99. The van der Waals surface area contributed by atoms with Gasteiger partial charge in [-0.15, -0.1) is 0 Å². The van der Waals surface area contributed by atoms with E-state index in [4.69, 9.17) is 29.8 Å². The maximum Gasteiger partial charge on any atom is 0.290 e. The number of anilines is 3. The normalized spacial score (nSPS) is 18.0. The predicted molar refractivity (Wildman–Crippen MR) is 189 cm³/mol. The van der Waals surface area contributed by atoms with Crippen LogP contribution in [0.1, 0.15) is 35.4 Å². The molecule has 51 heavy (non-hydrogen) atoms. The summed E-state index contributed by atoms with van der Waals surface area (Å²) in [6.45, 7) is 3.51. The highest BCUT2D eigenvalue weighted by atomic mass is 16.5. The number of aromatic nitrogens is 3. The zero-order chi connectivity index (χ0) is 36.2. The molecular weight excluding hydrogens is 656 g/mol. The van der Waals surface area contributed by atoms with Crippen molar-refractivity contribution in [1.29, 1.82) is 0 Å². The summed E-state index contributed by atoms with van der Waals surface area (Å²) >= 11 is 0. The second-order valence-electron chi connectivity index (χ2n) is 12.1. The monoisotopic (exact) mass is 698 g/mol. The van der Waals surface area contributed by atoms with Crippen molar-refractivity contribution in [1.82, 2.24) is 30.5 Å². The molecule has 4 bridgehead atoms. The molecule has 15 nitrogen and oxygen atoms in total. The number of nitrogen functional groups attached to an aromatic ring is 1. The zero-order valence-corrected chi connectivity index (χ0v) is 28.5. The van der Waals surface area contributed by atoms with Crippen molar-refractivity contribution >= 4 is 35.9 Å². The van der Waals surface area contributed by atoms with Gasteiger partial charge in [-0.05, 0) is 72.9 Å². The van der Waals surface area contributed by atoms with Crippen LogP contribution in [-0.2, 0) is 33.9 Å². The number of nitrogens with one attached hydrogen (secondary N) is 3. The van der Waals surface area contributed by atoms with Crippen molar-refractivity contribution in [3.63, 3.8) is 0 Å². The Kier molecular flexibility index (Phi) is 12.6. The van der Waals surface area contributed by atoms with Crippen LogP contribution in [0.15, 0.2) is 66.7 Å². The number of nitrogens with zero attached hydrogens (tertiary/aromatic N) is 4. The summed E-state index contributed by atoms with van der Waals surface area (Å²) in [6.07, 6.45) is 1.20. The molecule has 1 aromatic heterocycles. The fourth-order valence-corrected chi connectivity index (χ4v) is 5.82. The smallest absolute Gasteiger partial charge is 0.290 e. The minimum Gasteiger partial charge on any atom is -0.493 e. The van der Waals surface area contributed by atoms with Crippen LogP contribution in [0.5, 0.6) is 17.2 Å². The van der Waals surface area contributed by atoms with Gasteiger partial charge in [0.15, 0.2) is 18.1 Å². The molecule has 0 spiro atoms. The minimum atomic E-state index is -0.368. The molecule has 1 fully saturated rings. The van der Waals surface area contributed by atoms with Crippen LogP contribution in [-0.4, -0.2) is 82.2 Å². The summed E-state index contributed by atoms with van der Waals surface area (Å²) in [5.41, 5.74) is 9.91. The highest BCUT2D eigenvalue weighted by Gasteiger charge is 2.33. The molecular formula is C36H42N8O7. The van der Waals surface area contributed by atoms with Gasteiger partial charge in [-0.2, -0.15) is 15.0 Å². The van der Waals surface area contributed by atoms with Gasteiger partial charge in [0.1, 0.15) is 17.7 Å². The Morgan fingerprint density at radius 2 is 1.82 bits per heavy atom. The maximum atomic E-state index is 13.3. The molecule has 3 aromatic carbocycles. The average molecular weight is 699 g/mol. The van der Waals surface area contributed by atoms with E-state index < -0.39 is 0 Å². The molecule has 4 aromatic rings. The first-order chi connectivity index (χ1) is 24.7. The molecule has 1 saturated heterocycles. The lowest BCUT2D eigenvalue weighted by Crippen LogP contribution is -2.57. The summed E-state index contributed by atoms with van der Waals surface area (Å²) in [6, 6.07) is 20.6. The number of likely N-dealkylation sites (tertiary alicyclic amines) is 1. The SMILES string of the molecule is COc1cc2ccc1OCC(=O)N[C@@H]1CN(Cc3nc(N)nc(Nc4cccc(C)c4)n3)CC[C@H]1Oc1ccc(cc1)CNC(=O)CC2.O=CO. The number of methoxy groups -OCH3 is 1. The molecule has 5 aliphatic heterocycles. The lowest BCUT2D eigenvalue weighted by atomic mass is 10.0. The van der Waals surface area contributed by atoms with Crippen molar-refractivity contribution in [2.24, 2.45) is 0 Å². The number of benzene rings is 3. The molecule has 2 amide bonds. The Hall–Kier alpha value is -5.96. The number of carboxylic acid groups (broad SMARTS) is 1. The number of piperidine rings is 1. The van der Waals surface area contributed by atoms with E-state index in [1.165, 1.54) is 0 Å². The van der Waals surface area contributed by atoms with Gasteiger partial charge in [0, 0.05) is 31.7 Å². The third kappa shape index (κ3) is 10.8. The number of rotatable bonds is 5. The number of ether oxygens (including phenoxy) is 3. The average Bonchev–Trinajstić information content (AvgIpc) is 3.10. The van der Waals surface area contributed by atoms with E-state index in [1.54, 1.807) is 13.2 Å². The topological polar surface area (TPSA) is 203 Å². The molecule has 5 aliphatic rings. The van der Waals surface area contributed by atoms with Crippen LogP contribution in [0.25, 0.3) is 0 Å². The summed E-state index contributed by atoms with van der Waals surface area (Å²) in [7, 11) is 1.54. The fourth-order valence-electron chi connectivity index (χ4n) is 5.82. The summed E-state index contributed by atoms with van der Waals surface area (Å²) in [5, 5.41) is 16.2. The molecule has 0 saturated carbocycles. The van der Waals surface area contributed by atoms with Gasteiger partial charge in [-0.25, -0.2) is 0 Å². The highest BCUT2D eigenvalue weighted by Crippen LogP contribution is 2.29. The number of hydrogen-bond acceptors (Lipinski definition) is 12. The molecule has 268 valence electrons. The van der Waals surface area contributed by atoms with E-state index in [-0.39, 0.29) is 43.0 Å². The second kappa shape index (κ2) is 17.6. The minimum absolute atomic E-state index is 0.0473. The van der Waals surface area contributed by atoms with Gasteiger partial charge in [-0.1, -0.05) is 30.3 Å². The maximum absolute atomic E-state index is 13.3. The first-order valence-corrected chi connectivity index (χ1v) is 16.5. The number of amides is 2. The van der Waals surface area contributed by atoms with Crippen molar-refractivity contribution in [2.45, 2.75) is 51.4 Å². The molecule has 0 aliphatic carbocycles. The quantitative estimate of drug-likeness (QED) is 0.191. The summed E-state index contributed by atoms with van der Waals surface area (Å²) in [4.78, 5) is 49.6. The lowest BCUT2D eigenvalue weighted by Gasteiger charge is -2.38. The third-order valence-corrected chi connectivity index (χ3v) is 8.25. The van der Waals surface area contributed by atoms with Gasteiger partial charge in [0.2, 0.25) is 17.8 Å². The Labute approximate surface area is 295 Å². The molecule has 2 atom stereocenters. The number of aryl methyl sites for hydroxylation is 2. The van der Waals surface area contributed by atoms with E-state index in [0.29, 0.717) is 74.5 Å². The standard InChI is InChI=1S/C35H40N8O5.CH2O2/c1-22-4-3-5-25(16-22)38-35-41-31(40-34(36)42-35)20-43-15-14-28-27(19-43)39-33(45)21-47-29-12-8-23(17-30(29)46-2)9-13-32(44)37-18-24-6-10-26(48-28)11-7-24;2-1-3/h3-8,10-12,16-17,27-28H,9,13-15,18-21H2,1-2H3,(H,37,44)(H,39,45)(H3,36,38,40,41,42);1H,(H,2,3)/t27-,28-;/m1./s1. The molecule has 6 heterocycles. The van der Waals surface area contributed by atoms with E-state index >= 15 is 0 Å². The summed E-state index contributed by atoms with van der Waals surface area (Å²) in [5.74, 6) is 2.26. The Morgan fingerprint density at radius 3 is 2.59 bits per heavy atom. The lowest BCUT2D eigenvalue weighted by molar-refractivity contribution is -0.125. The number of carbonyl (C=O) groups is 3. The zero-order valence-electron chi connectivity index (χ0n) is 28.5. The van der Waals surface area contributed by atoms with Crippen LogP contribution in [0, 0.1) is 6.92 Å². The van der Waals surface area contributed by atoms with E-state index in [2.05, 4.69) is 35.8 Å². The Morgan fingerprint density at radius 1 is 1.04 bits per heavy atom. The van der Waals surface area contributed by atoms with Crippen molar-refractivity contribution in [3.8, 4) is 17.2 Å². The molecule has 0 radical (unpaired) electrons. The van der Waals surface area contributed by atoms with Crippen LogP contribution in [0.3, 0.4) is 0 Å². The molecule has 15 heteroatoms. The van der Waals surface area contributed by atoms with E-state index in [9.17, 15) is 9.59 Å². The highest BCUT2D eigenvalue weighted by molar-refractivity contribution is 5.78. The van der Waals surface area contributed by atoms with Crippen molar-refractivity contribution in [3.05, 3.63) is 89.2 Å². The Bertz CT molecular complexity index is 1810. The third-order valence-electron chi connectivity index (χ3n) is 8.25. The van der Waals surface area contributed by atoms with Crippen LogP contribution >= 0.6 is 0 Å². The van der Waals surface area contributed by atoms with Gasteiger partial charge in [0.25, 0.3) is 12.4 Å². The van der Waals surface area contributed by atoms with Gasteiger partial charge < -0.3 is 41.0 Å². The van der Waals surface area contributed by atoms with E-state index in [1.807, 2.05) is 67.6 Å². The fraction of sp³-hybridized carbons (Fsp3) is 0.333. The first kappa shape index (κ1) is 36.3. The number of nitrogens with two attached hydrogens (primary N) is 1. The van der Waals surface area contributed by atoms with Gasteiger partial charge in [0.05, 0.1) is 19.7 Å². The number of carbonyl (C=O) groups excluding carboxylic acids is 2. The first-order valence-electron chi connectivity index (χ1n) is 16.5. The molecule has 6 N–H and O–H groups in total.